The van der Waals surface area contributed by atoms with Crippen molar-refractivity contribution in [2.45, 2.75) is 50.4 Å². The van der Waals surface area contributed by atoms with E-state index >= 15 is 0 Å². The van der Waals surface area contributed by atoms with E-state index in [2.05, 4.69) is 21.1 Å². The molecule has 38 heavy (non-hydrogen) atoms. The number of hydrazone groups is 1. The van der Waals surface area contributed by atoms with Gasteiger partial charge >= 0.3 is 5.97 Å². The van der Waals surface area contributed by atoms with Gasteiger partial charge in [0.2, 0.25) is 5.91 Å². The van der Waals surface area contributed by atoms with Crippen molar-refractivity contribution in [2.24, 2.45) is 16.8 Å². The molecule has 0 spiro atoms. The van der Waals surface area contributed by atoms with Crippen molar-refractivity contribution >= 4 is 24.0 Å². The van der Waals surface area contributed by atoms with Crippen molar-refractivity contribution in [3.8, 4) is 0 Å². The van der Waals surface area contributed by atoms with Crippen LogP contribution < -0.4 is 16.7 Å². The molecule has 4 atom stereocenters. The van der Waals surface area contributed by atoms with Crippen molar-refractivity contribution in [1.29, 1.82) is 0 Å². The Morgan fingerprint density at radius 1 is 1.24 bits per heavy atom. The third-order valence-corrected chi connectivity index (χ3v) is 8.14. The number of ether oxygens (including phenoxy) is 2. The largest absolute Gasteiger partial charge is 0.459 e. The lowest BCUT2D eigenvalue weighted by Crippen LogP contribution is -2.60. The number of esters is 1. The second-order valence-electron chi connectivity index (χ2n) is 10.6. The third-order valence-electron chi connectivity index (χ3n) is 8.14. The molecule has 1 amide bonds. The molecule has 2 saturated heterocycles. The summed E-state index contributed by atoms with van der Waals surface area (Å²) in [4.78, 5) is 34.8. The van der Waals surface area contributed by atoms with Gasteiger partial charge in [0.15, 0.2) is 0 Å². The van der Waals surface area contributed by atoms with E-state index in [0.29, 0.717) is 31.1 Å². The highest BCUT2D eigenvalue weighted by Crippen LogP contribution is 2.36. The van der Waals surface area contributed by atoms with Crippen LogP contribution >= 0.6 is 0 Å². The van der Waals surface area contributed by atoms with Crippen LogP contribution in [-0.2, 0) is 27.1 Å². The van der Waals surface area contributed by atoms with E-state index in [9.17, 15) is 9.59 Å². The molecule has 11 heteroatoms. The van der Waals surface area contributed by atoms with E-state index in [1.807, 2.05) is 30.0 Å². The first kappa shape index (κ1) is 24.8. The monoisotopic (exact) mass is 519 g/mol. The number of carbonyl (C=O) groups is 2. The molecule has 2 aromatic rings. The van der Waals surface area contributed by atoms with E-state index in [1.54, 1.807) is 6.07 Å². The minimum atomic E-state index is -0.251. The molecule has 2 fully saturated rings. The van der Waals surface area contributed by atoms with Crippen molar-refractivity contribution in [3.63, 3.8) is 0 Å². The van der Waals surface area contributed by atoms with Crippen LogP contribution in [0.25, 0.3) is 0 Å². The number of cyclic esters (lactones) is 1. The zero-order valence-electron chi connectivity index (χ0n) is 21.5. The Labute approximate surface area is 221 Å². The SMILES string of the molecule is CC1Cc2cc(C3CN4CCN(C(=O)C5CCc6nc(N(N)/C=N\N)ccc65)CC4CO3)ccc2C(=O)O1. The highest BCUT2D eigenvalue weighted by Gasteiger charge is 2.39. The first-order valence-electron chi connectivity index (χ1n) is 13.2. The van der Waals surface area contributed by atoms with Crippen molar-refractivity contribution < 1.29 is 19.1 Å². The van der Waals surface area contributed by atoms with Crippen LogP contribution in [0, 0.1) is 0 Å². The number of aryl methyl sites for hydroxylation is 1. The van der Waals surface area contributed by atoms with Crippen LogP contribution in [0.2, 0.25) is 0 Å². The summed E-state index contributed by atoms with van der Waals surface area (Å²) in [5.41, 5.74) is 4.64. The predicted molar refractivity (Wildman–Crippen MR) is 140 cm³/mol. The Hall–Kier alpha value is -3.54. The van der Waals surface area contributed by atoms with Gasteiger partial charge in [-0.05, 0) is 48.6 Å². The van der Waals surface area contributed by atoms with Crippen LogP contribution in [0.3, 0.4) is 0 Å². The van der Waals surface area contributed by atoms with Gasteiger partial charge in [0.1, 0.15) is 18.3 Å². The summed E-state index contributed by atoms with van der Waals surface area (Å²) >= 11 is 0. The first-order valence-corrected chi connectivity index (χ1v) is 13.2. The van der Waals surface area contributed by atoms with Gasteiger partial charge in [0, 0.05) is 38.3 Å². The van der Waals surface area contributed by atoms with Crippen molar-refractivity contribution in [3.05, 3.63) is 58.3 Å². The summed E-state index contributed by atoms with van der Waals surface area (Å²) in [6.45, 7) is 5.40. The van der Waals surface area contributed by atoms with Crippen molar-refractivity contribution in [2.75, 3.05) is 37.8 Å². The van der Waals surface area contributed by atoms with Gasteiger partial charge in [-0.2, -0.15) is 5.10 Å². The molecule has 0 bridgehead atoms. The average molecular weight is 520 g/mol. The summed E-state index contributed by atoms with van der Waals surface area (Å²) in [5.74, 6) is 11.3. The second kappa shape index (κ2) is 9.97. The van der Waals surface area contributed by atoms with Gasteiger partial charge in [-0.3, -0.25) is 9.69 Å². The maximum absolute atomic E-state index is 13.6. The molecule has 4 aliphatic rings. The molecule has 1 aromatic carbocycles. The number of benzene rings is 1. The molecule has 0 saturated carbocycles. The molecule has 1 aromatic heterocycles. The van der Waals surface area contributed by atoms with Crippen LogP contribution in [-0.4, -0.2) is 77.9 Å². The minimum Gasteiger partial charge on any atom is -0.459 e. The number of hydrogen-bond acceptors (Lipinski definition) is 9. The molecule has 4 heterocycles. The van der Waals surface area contributed by atoms with Crippen LogP contribution in [0.1, 0.15) is 58.1 Å². The van der Waals surface area contributed by atoms with E-state index in [-0.39, 0.29) is 36.0 Å². The molecule has 6 rings (SSSR count). The summed E-state index contributed by atoms with van der Waals surface area (Å²) in [6.07, 6.45) is 3.33. The number of nitrogens with two attached hydrogens (primary N) is 2. The molecular formula is C27H33N7O4. The van der Waals surface area contributed by atoms with E-state index < -0.39 is 0 Å². The summed E-state index contributed by atoms with van der Waals surface area (Å²) in [5, 5.41) is 4.70. The first-order chi connectivity index (χ1) is 18.4. The maximum atomic E-state index is 13.6. The Bertz CT molecular complexity index is 1280. The number of aromatic nitrogens is 1. The molecule has 0 radical (unpaired) electrons. The minimum absolute atomic E-state index is 0.0551. The number of fused-ring (bicyclic) bond motifs is 3. The van der Waals surface area contributed by atoms with E-state index in [0.717, 1.165) is 54.7 Å². The smallest absolute Gasteiger partial charge is 0.338 e. The average Bonchev–Trinajstić information content (AvgIpc) is 3.35. The standard InChI is InChI=1S/C27H33N7O4/c1-16-10-18-11-17(2-3-20(18)27(36)38-16)24-13-32-8-9-33(12-19(32)14-37-24)26(35)22-4-6-23-21(22)5-7-25(31-23)34(29)15-30-28/h2-3,5,7,11,15-16,19,22,24H,4,6,8-10,12-14,28-29H2,1H3/b30-15-. The number of hydrazine groups is 1. The second-order valence-corrected chi connectivity index (χ2v) is 10.6. The quantitative estimate of drug-likeness (QED) is 0.200. The van der Waals surface area contributed by atoms with Gasteiger partial charge in [0.25, 0.3) is 0 Å². The third kappa shape index (κ3) is 4.50. The summed E-state index contributed by atoms with van der Waals surface area (Å²) < 4.78 is 11.6. The number of nitrogens with zero attached hydrogens (tertiary/aromatic N) is 5. The lowest BCUT2D eigenvalue weighted by Gasteiger charge is -2.46. The number of piperazine rings is 1. The lowest BCUT2D eigenvalue weighted by atomic mass is 9.94. The number of amides is 1. The number of hydrogen-bond donors (Lipinski definition) is 2. The number of carbonyl (C=O) groups excluding carboxylic acids is 2. The number of rotatable bonds is 4. The van der Waals surface area contributed by atoms with Crippen LogP contribution in [0.5, 0.6) is 0 Å². The molecular weight excluding hydrogens is 486 g/mol. The Balaban J connectivity index is 1.09. The lowest BCUT2D eigenvalue weighted by molar-refractivity contribution is -0.141. The van der Waals surface area contributed by atoms with Crippen LogP contribution in [0.15, 0.2) is 35.4 Å². The molecule has 4 unspecified atom stereocenters. The van der Waals surface area contributed by atoms with Gasteiger partial charge in [-0.25, -0.2) is 20.6 Å². The number of pyridine rings is 1. The van der Waals surface area contributed by atoms with E-state index in [4.69, 9.17) is 21.2 Å². The number of anilines is 1. The Morgan fingerprint density at radius 3 is 2.95 bits per heavy atom. The fourth-order valence-corrected chi connectivity index (χ4v) is 6.17. The molecule has 3 aliphatic heterocycles. The zero-order chi connectivity index (χ0) is 26.4. The number of morpholine rings is 1. The van der Waals surface area contributed by atoms with Crippen LogP contribution in [0.4, 0.5) is 5.82 Å². The highest BCUT2D eigenvalue weighted by atomic mass is 16.5. The van der Waals surface area contributed by atoms with Crippen molar-refractivity contribution in [1.82, 2.24) is 14.8 Å². The predicted octanol–water partition coefficient (Wildman–Crippen LogP) is 1.08. The molecule has 11 nitrogen and oxygen atoms in total. The molecule has 4 N–H and O–H groups in total. The normalized spacial score (nSPS) is 27.0. The summed E-state index contributed by atoms with van der Waals surface area (Å²) in [7, 11) is 0. The van der Waals surface area contributed by atoms with Gasteiger partial charge in [-0.15, -0.1) is 0 Å². The molecule has 200 valence electrons. The van der Waals surface area contributed by atoms with Gasteiger partial charge in [0.05, 0.1) is 30.2 Å². The maximum Gasteiger partial charge on any atom is 0.338 e. The van der Waals surface area contributed by atoms with Gasteiger partial charge < -0.3 is 20.2 Å². The Kier molecular flexibility index (Phi) is 6.50. The topological polar surface area (TPSA) is 140 Å². The Morgan fingerprint density at radius 2 is 2.11 bits per heavy atom. The van der Waals surface area contributed by atoms with E-state index in [1.165, 1.54) is 11.3 Å². The molecule has 1 aliphatic carbocycles. The fraction of sp³-hybridized carbons (Fsp3) is 0.481. The highest BCUT2D eigenvalue weighted by molar-refractivity contribution is 5.92. The fourth-order valence-electron chi connectivity index (χ4n) is 6.17. The summed E-state index contributed by atoms with van der Waals surface area (Å²) in [6, 6.07) is 9.84. The van der Waals surface area contributed by atoms with Gasteiger partial charge in [-0.1, -0.05) is 18.2 Å². The zero-order valence-corrected chi connectivity index (χ0v) is 21.5.